The Labute approximate surface area is 53.8 Å². The fourth-order valence-electron chi connectivity index (χ4n) is 0.205. The molecular weight excluding hydrogens is 156 g/mol. The van der Waals surface area contributed by atoms with E-state index in [4.69, 9.17) is 0 Å². The molecule has 0 spiro atoms. The minimum Gasteiger partial charge on any atom is -0.464 e. The number of carbonyl (C=O) groups is 1. The first-order valence-corrected chi connectivity index (χ1v) is 2.07. The van der Waals surface area contributed by atoms with Crippen molar-refractivity contribution >= 4 is 5.97 Å². The second-order valence-electron chi connectivity index (χ2n) is 1.33. The van der Waals surface area contributed by atoms with E-state index >= 15 is 0 Å². The van der Waals surface area contributed by atoms with Crippen LogP contribution in [0.3, 0.4) is 0 Å². The summed E-state index contributed by atoms with van der Waals surface area (Å²) in [4.78, 5) is 9.80. The van der Waals surface area contributed by atoms with Crippen LogP contribution in [0.25, 0.3) is 0 Å². The van der Waals surface area contributed by atoms with Crippen LogP contribution in [0.1, 0.15) is 0 Å². The zero-order chi connectivity index (χ0) is 8.36. The van der Waals surface area contributed by atoms with E-state index in [-0.39, 0.29) is 0 Å². The predicted molar refractivity (Wildman–Crippen MR) is 22.4 cm³/mol. The Hall–Kier alpha value is -0.810. The van der Waals surface area contributed by atoms with Crippen LogP contribution >= 0.6 is 0 Å². The lowest BCUT2D eigenvalue weighted by atomic mass is 10.4. The molecule has 1 radical (unpaired) electrons. The number of esters is 1. The summed E-state index contributed by atoms with van der Waals surface area (Å²) in [5.41, 5.74) is 0. The minimum absolute atomic E-state index is 0.596. The fraction of sp³-hybridized carbons (Fsp3) is 0.500. The van der Waals surface area contributed by atoms with Gasteiger partial charge in [-0.1, -0.05) is 0 Å². The van der Waals surface area contributed by atoms with Crippen LogP contribution in [0.4, 0.5) is 17.6 Å². The van der Waals surface area contributed by atoms with Gasteiger partial charge in [-0.3, -0.25) is 0 Å². The van der Waals surface area contributed by atoms with Crippen molar-refractivity contribution < 1.29 is 27.1 Å². The van der Waals surface area contributed by atoms with Gasteiger partial charge < -0.3 is 4.74 Å². The molecule has 2 nitrogen and oxygen atoms in total. The highest BCUT2D eigenvalue weighted by Gasteiger charge is 2.52. The molecule has 0 rings (SSSR count). The minimum atomic E-state index is -4.77. The van der Waals surface area contributed by atoms with E-state index in [0.717, 1.165) is 0 Å². The van der Waals surface area contributed by atoms with E-state index in [0.29, 0.717) is 7.11 Å². The van der Waals surface area contributed by atoms with Gasteiger partial charge in [-0.15, -0.1) is 0 Å². The molecule has 10 heavy (non-hydrogen) atoms. The first-order chi connectivity index (χ1) is 4.42. The number of hydrogen-bond donors (Lipinski definition) is 0. The highest BCUT2D eigenvalue weighted by molar-refractivity contribution is 5.79. The molecule has 0 bridgehead atoms. The topological polar surface area (TPSA) is 26.3 Å². The van der Waals surface area contributed by atoms with Gasteiger partial charge >= 0.3 is 18.3 Å². The Morgan fingerprint density at radius 1 is 1.40 bits per heavy atom. The first kappa shape index (κ1) is 9.19. The second kappa shape index (κ2) is 2.85. The van der Waals surface area contributed by atoms with Crippen LogP contribution in [-0.2, 0) is 9.53 Å². The van der Waals surface area contributed by atoms with Gasteiger partial charge in [0.25, 0.3) is 0 Å². The van der Waals surface area contributed by atoms with Crippen molar-refractivity contribution in [1.29, 1.82) is 0 Å². The van der Waals surface area contributed by atoms with Crippen molar-refractivity contribution in [1.82, 2.24) is 0 Å². The molecule has 0 heterocycles. The molecule has 59 valence electrons. The van der Waals surface area contributed by atoms with Crippen molar-refractivity contribution in [3.8, 4) is 0 Å². The number of carbonyl (C=O) groups excluding carboxylic acids is 1. The van der Waals surface area contributed by atoms with E-state index < -0.39 is 18.3 Å². The lowest BCUT2D eigenvalue weighted by Gasteiger charge is -2.09. The van der Waals surface area contributed by atoms with E-state index in [1.54, 1.807) is 0 Å². The van der Waals surface area contributed by atoms with Crippen LogP contribution in [0, 0.1) is 6.43 Å². The SMILES string of the molecule is COC(=O)C(F)(F)[C](F)F. The molecule has 0 aliphatic rings. The zero-order valence-electron chi connectivity index (χ0n) is 4.83. The molecular formula is C4H3F4O2. The summed E-state index contributed by atoms with van der Waals surface area (Å²) in [5, 5.41) is 0. The molecule has 0 aromatic rings. The number of ether oxygens (including phenoxy) is 1. The Morgan fingerprint density at radius 3 is 1.90 bits per heavy atom. The van der Waals surface area contributed by atoms with Crippen molar-refractivity contribution in [3.05, 3.63) is 6.43 Å². The van der Waals surface area contributed by atoms with Crippen LogP contribution in [0.2, 0.25) is 0 Å². The van der Waals surface area contributed by atoms with E-state index in [1.165, 1.54) is 0 Å². The smallest absolute Gasteiger partial charge is 0.410 e. The summed E-state index contributed by atoms with van der Waals surface area (Å²) >= 11 is 0. The lowest BCUT2D eigenvalue weighted by Crippen LogP contribution is -2.32. The average molecular weight is 159 g/mol. The van der Waals surface area contributed by atoms with Gasteiger partial charge in [0.15, 0.2) is 0 Å². The van der Waals surface area contributed by atoms with Gasteiger partial charge in [0.05, 0.1) is 7.11 Å². The van der Waals surface area contributed by atoms with Crippen molar-refractivity contribution in [2.24, 2.45) is 0 Å². The summed E-state index contributed by atoms with van der Waals surface area (Å²) in [6, 6.07) is 0. The maximum atomic E-state index is 11.7. The third kappa shape index (κ3) is 1.58. The predicted octanol–water partition coefficient (Wildman–Crippen LogP) is 1.22. The normalized spacial score (nSPS) is 11.8. The lowest BCUT2D eigenvalue weighted by molar-refractivity contribution is -0.175. The van der Waals surface area contributed by atoms with Gasteiger partial charge in [-0.2, -0.15) is 17.6 Å². The highest BCUT2D eigenvalue weighted by Crippen LogP contribution is 2.29. The molecule has 0 unspecified atom stereocenters. The maximum absolute atomic E-state index is 11.7. The van der Waals surface area contributed by atoms with E-state index in [9.17, 15) is 22.4 Å². The highest BCUT2D eigenvalue weighted by atomic mass is 19.3. The molecule has 0 saturated carbocycles. The molecule has 0 fully saturated rings. The summed E-state index contributed by atoms with van der Waals surface area (Å²) in [7, 11) is 0.596. The first-order valence-electron chi connectivity index (χ1n) is 2.07. The van der Waals surface area contributed by atoms with Gasteiger partial charge in [-0.25, -0.2) is 4.79 Å². The quantitative estimate of drug-likeness (QED) is 0.447. The van der Waals surface area contributed by atoms with Crippen LogP contribution in [0.5, 0.6) is 0 Å². The maximum Gasteiger partial charge on any atom is 0.410 e. The molecule has 0 aromatic heterocycles. The van der Waals surface area contributed by atoms with Gasteiger partial charge in [0.2, 0.25) is 0 Å². The second-order valence-corrected chi connectivity index (χ2v) is 1.33. The Bertz CT molecular complexity index is 133. The monoisotopic (exact) mass is 159 g/mol. The number of rotatable bonds is 2. The Balaban J connectivity index is 4.24. The van der Waals surface area contributed by atoms with Crippen LogP contribution in [0.15, 0.2) is 0 Å². The van der Waals surface area contributed by atoms with Crippen LogP contribution < -0.4 is 0 Å². The number of alkyl halides is 2. The molecule has 0 aliphatic heterocycles. The standard InChI is InChI=1S/C4H3F4O2/c1-10-3(9)4(7,8)2(5)6/h1H3. The Kier molecular flexibility index (Phi) is 2.62. The molecule has 0 aromatic carbocycles. The summed E-state index contributed by atoms with van der Waals surface area (Å²) < 4.78 is 49.0. The molecule has 0 amide bonds. The van der Waals surface area contributed by atoms with Gasteiger partial charge in [0.1, 0.15) is 0 Å². The summed E-state index contributed by atoms with van der Waals surface area (Å²) in [6.45, 7) is 0. The van der Waals surface area contributed by atoms with Crippen molar-refractivity contribution in [2.45, 2.75) is 5.92 Å². The number of methoxy groups -OCH3 is 1. The van der Waals surface area contributed by atoms with Gasteiger partial charge in [0, 0.05) is 0 Å². The fourth-order valence-corrected chi connectivity index (χ4v) is 0.205. The van der Waals surface area contributed by atoms with Crippen molar-refractivity contribution in [2.75, 3.05) is 7.11 Å². The molecule has 0 atom stereocenters. The molecule has 0 saturated heterocycles. The largest absolute Gasteiger partial charge is 0.464 e. The van der Waals surface area contributed by atoms with E-state index in [1.807, 2.05) is 0 Å². The van der Waals surface area contributed by atoms with Crippen LogP contribution in [-0.4, -0.2) is 19.0 Å². The zero-order valence-corrected chi connectivity index (χ0v) is 4.83. The van der Waals surface area contributed by atoms with Gasteiger partial charge in [-0.05, 0) is 0 Å². The Morgan fingerprint density at radius 2 is 1.80 bits per heavy atom. The van der Waals surface area contributed by atoms with E-state index in [2.05, 4.69) is 4.74 Å². The summed E-state index contributed by atoms with van der Waals surface area (Å²) in [6.07, 6.45) is -3.26. The molecule has 6 heteroatoms. The third-order valence-electron chi connectivity index (χ3n) is 0.679. The van der Waals surface area contributed by atoms with Crippen molar-refractivity contribution in [3.63, 3.8) is 0 Å². The third-order valence-corrected chi connectivity index (χ3v) is 0.679. The summed E-state index contributed by atoms with van der Waals surface area (Å²) in [5.74, 6) is -7.03. The number of hydrogen-bond acceptors (Lipinski definition) is 2. The molecule has 0 aliphatic carbocycles. The number of halogens is 4. The average Bonchev–Trinajstić information content (AvgIpc) is 1.86. The molecule has 0 N–H and O–H groups in total.